The predicted molar refractivity (Wildman–Crippen MR) is 84.3 cm³/mol. The molecule has 1 aromatic heterocycles. The molecule has 0 aliphatic rings. The van der Waals surface area contributed by atoms with E-state index in [4.69, 9.17) is 5.11 Å². The van der Waals surface area contributed by atoms with E-state index in [1.165, 1.54) is 0 Å². The van der Waals surface area contributed by atoms with Crippen LogP contribution in [0.15, 0.2) is 42.5 Å². The van der Waals surface area contributed by atoms with E-state index in [-0.39, 0.29) is 5.91 Å². The van der Waals surface area contributed by atoms with Crippen LogP contribution in [-0.4, -0.2) is 29.1 Å². The molecule has 0 saturated carbocycles. The summed E-state index contributed by atoms with van der Waals surface area (Å²) < 4.78 is 0. The van der Waals surface area contributed by atoms with E-state index in [9.17, 15) is 9.59 Å². The number of fused-ring (bicyclic) bond motifs is 2. The Hall–Kier alpha value is -3.15. The van der Waals surface area contributed by atoms with Gasteiger partial charge in [-0.1, -0.05) is 30.3 Å². The smallest absolute Gasteiger partial charge is 0.409 e. The molecule has 0 fully saturated rings. The van der Waals surface area contributed by atoms with E-state index in [0.717, 1.165) is 0 Å². The first-order valence-corrected chi connectivity index (χ1v) is 6.65. The first-order valence-electron chi connectivity index (χ1n) is 6.65. The van der Waals surface area contributed by atoms with Gasteiger partial charge in [0.05, 0.1) is 22.3 Å². The maximum atomic E-state index is 12.0. The molecule has 6 heteroatoms. The van der Waals surface area contributed by atoms with Gasteiger partial charge in [-0.25, -0.2) is 9.78 Å². The van der Waals surface area contributed by atoms with Crippen molar-refractivity contribution in [2.75, 3.05) is 12.4 Å². The molecule has 6 nitrogen and oxygen atoms in total. The molecule has 0 atom stereocenters. The fourth-order valence-corrected chi connectivity index (χ4v) is 2.47. The average molecular weight is 295 g/mol. The number of hydrogen-bond acceptors (Lipinski definition) is 3. The fraction of sp³-hybridized carbons (Fsp3) is 0.0625. The number of nitrogens with one attached hydrogen (secondary N) is 2. The van der Waals surface area contributed by atoms with Gasteiger partial charge in [-0.3, -0.25) is 10.1 Å². The van der Waals surface area contributed by atoms with E-state index in [0.29, 0.717) is 33.1 Å². The third kappa shape index (κ3) is 2.20. The number of amides is 2. The Morgan fingerprint density at radius 3 is 2.50 bits per heavy atom. The second-order valence-electron chi connectivity index (χ2n) is 4.71. The molecule has 0 saturated heterocycles. The van der Waals surface area contributed by atoms with Gasteiger partial charge >= 0.3 is 6.09 Å². The highest BCUT2D eigenvalue weighted by Crippen LogP contribution is 2.32. The number of nitrogens with zero attached hydrogens (tertiary/aromatic N) is 1. The van der Waals surface area contributed by atoms with Crippen LogP contribution >= 0.6 is 0 Å². The Bertz CT molecular complexity index is 906. The van der Waals surface area contributed by atoms with Crippen LogP contribution in [0.1, 0.15) is 10.4 Å². The van der Waals surface area contributed by atoms with Crippen molar-refractivity contribution in [1.29, 1.82) is 0 Å². The molecule has 2 amide bonds. The molecule has 2 aromatic carbocycles. The van der Waals surface area contributed by atoms with E-state index in [1.807, 2.05) is 12.1 Å². The van der Waals surface area contributed by atoms with Crippen molar-refractivity contribution < 1.29 is 14.7 Å². The Morgan fingerprint density at radius 2 is 1.77 bits per heavy atom. The minimum atomic E-state index is -1.16. The summed E-state index contributed by atoms with van der Waals surface area (Å²) in [6.07, 6.45) is -1.16. The zero-order valence-corrected chi connectivity index (χ0v) is 11.8. The van der Waals surface area contributed by atoms with E-state index in [1.54, 1.807) is 37.4 Å². The maximum absolute atomic E-state index is 12.0. The monoisotopic (exact) mass is 295 g/mol. The summed E-state index contributed by atoms with van der Waals surface area (Å²) in [5, 5.41) is 15.4. The topological polar surface area (TPSA) is 91.3 Å². The summed E-state index contributed by atoms with van der Waals surface area (Å²) in [7, 11) is 1.54. The number of anilines is 1. The number of aromatic nitrogens is 1. The second kappa shape index (κ2) is 5.33. The third-order valence-corrected chi connectivity index (χ3v) is 3.41. The molecule has 3 rings (SSSR count). The molecule has 0 radical (unpaired) electrons. The summed E-state index contributed by atoms with van der Waals surface area (Å²) in [4.78, 5) is 27.7. The molecule has 22 heavy (non-hydrogen) atoms. The van der Waals surface area contributed by atoms with Gasteiger partial charge in [0, 0.05) is 17.8 Å². The minimum absolute atomic E-state index is 0.269. The van der Waals surface area contributed by atoms with Gasteiger partial charge in [-0.15, -0.1) is 0 Å². The van der Waals surface area contributed by atoms with Crippen LogP contribution in [0.3, 0.4) is 0 Å². The number of hydrogen-bond donors (Lipinski definition) is 3. The van der Waals surface area contributed by atoms with Crippen LogP contribution in [0.4, 0.5) is 10.5 Å². The van der Waals surface area contributed by atoms with E-state index >= 15 is 0 Å². The Balaban J connectivity index is 2.44. The lowest BCUT2D eigenvalue weighted by atomic mass is 10.0. The number of carbonyl (C=O) groups is 2. The van der Waals surface area contributed by atoms with Crippen LogP contribution in [0.2, 0.25) is 0 Å². The van der Waals surface area contributed by atoms with Crippen molar-refractivity contribution in [1.82, 2.24) is 10.3 Å². The van der Waals surface area contributed by atoms with Gasteiger partial charge in [0.1, 0.15) is 0 Å². The minimum Gasteiger partial charge on any atom is -0.465 e. The van der Waals surface area contributed by atoms with Crippen LogP contribution in [0.25, 0.3) is 21.8 Å². The van der Waals surface area contributed by atoms with Gasteiger partial charge < -0.3 is 10.4 Å². The van der Waals surface area contributed by atoms with Gasteiger partial charge in [0.25, 0.3) is 5.91 Å². The summed E-state index contributed by atoms with van der Waals surface area (Å²) in [6, 6.07) is 12.3. The van der Waals surface area contributed by atoms with Gasteiger partial charge in [-0.05, 0) is 12.1 Å². The summed E-state index contributed by atoms with van der Waals surface area (Å²) in [6.45, 7) is 0. The zero-order valence-electron chi connectivity index (χ0n) is 11.8. The van der Waals surface area contributed by atoms with Gasteiger partial charge in [0.15, 0.2) is 0 Å². The molecule has 0 unspecified atom stereocenters. The van der Waals surface area contributed by atoms with Crippen LogP contribution in [0.5, 0.6) is 0 Å². The Labute approximate surface area is 125 Å². The molecule has 3 N–H and O–H groups in total. The number of carbonyl (C=O) groups excluding carboxylic acids is 1. The number of para-hydroxylation sites is 2. The number of benzene rings is 2. The molecule has 0 bridgehead atoms. The van der Waals surface area contributed by atoms with Crippen molar-refractivity contribution in [3.05, 3.63) is 48.0 Å². The molecular weight excluding hydrogens is 282 g/mol. The quantitative estimate of drug-likeness (QED) is 0.634. The lowest BCUT2D eigenvalue weighted by Crippen LogP contribution is -2.18. The van der Waals surface area contributed by atoms with Crippen molar-refractivity contribution in [2.24, 2.45) is 0 Å². The lowest BCUT2D eigenvalue weighted by molar-refractivity contribution is 0.0964. The summed E-state index contributed by atoms with van der Waals surface area (Å²) >= 11 is 0. The normalized spacial score (nSPS) is 10.6. The van der Waals surface area contributed by atoms with E-state index in [2.05, 4.69) is 15.6 Å². The molecular formula is C16H13N3O3. The second-order valence-corrected chi connectivity index (χ2v) is 4.71. The molecule has 1 heterocycles. The standard InChI is InChI=1S/C16H13N3O3/c1-17-15(20)11-7-4-6-10-13(19-16(21)22)9-5-2-3-8-12(9)18-14(10)11/h2-8H,1H3,(H,17,20)(H,18,19)(H,21,22). The first kappa shape index (κ1) is 13.8. The first-order chi connectivity index (χ1) is 10.6. The highest BCUT2D eigenvalue weighted by molar-refractivity contribution is 6.16. The fourth-order valence-electron chi connectivity index (χ4n) is 2.47. The average Bonchev–Trinajstić information content (AvgIpc) is 2.53. The number of carboxylic acid groups (broad SMARTS) is 1. The third-order valence-electron chi connectivity index (χ3n) is 3.41. The molecule has 110 valence electrons. The van der Waals surface area contributed by atoms with Crippen LogP contribution in [-0.2, 0) is 0 Å². The van der Waals surface area contributed by atoms with Crippen molar-refractivity contribution in [3.63, 3.8) is 0 Å². The largest absolute Gasteiger partial charge is 0.465 e. The Kier molecular flexibility index (Phi) is 3.34. The van der Waals surface area contributed by atoms with Gasteiger partial charge in [-0.2, -0.15) is 0 Å². The molecule has 3 aromatic rings. The number of rotatable bonds is 2. The zero-order chi connectivity index (χ0) is 15.7. The summed E-state index contributed by atoms with van der Waals surface area (Å²) in [5.74, 6) is -0.269. The summed E-state index contributed by atoms with van der Waals surface area (Å²) in [5.41, 5.74) is 1.91. The van der Waals surface area contributed by atoms with Crippen molar-refractivity contribution in [3.8, 4) is 0 Å². The maximum Gasteiger partial charge on any atom is 0.409 e. The highest BCUT2D eigenvalue weighted by atomic mass is 16.4. The Morgan fingerprint density at radius 1 is 1.05 bits per heavy atom. The van der Waals surface area contributed by atoms with Crippen molar-refractivity contribution in [2.45, 2.75) is 0 Å². The molecule has 0 aliphatic carbocycles. The van der Waals surface area contributed by atoms with E-state index < -0.39 is 6.09 Å². The lowest BCUT2D eigenvalue weighted by Gasteiger charge is -2.12. The number of pyridine rings is 1. The van der Waals surface area contributed by atoms with Crippen LogP contribution in [0, 0.1) is 0 Å². The predicted octanol–water partition coefficient (Wildman–Crippen LogP) is 2.84. The highest BCUT2D eigenvalue weighted by Gasteiger charge is 2.16. The van der Waals surface area contributed by atoms with Gasteiger partial charge in [0.2, 0.25) is 0 Å². The van der Waals surface area contributed by atoms with Crippen LogP contribution < -0.4 is 10.6 Å². The molecule has 0 aliphatic heterocycles. The SMILES string of the molecule is CNC(=O)c1cccc2c(NC(=O)O)c3ccccc3nc12. The van der Waals surface area contributed by atoms with Crippen molar-refractivity contribution >= 4 is 39.5 Å². The molecule has 0 spiro atoms.